The standard InChI is InChI=1S/C20H30N2O3/c1-14-11-15(2)16(17(12-14)25-6)13-18(23)21-7-9-22(10-8-21)19(24)20(3,4)5/h11-12H,7-10,13H2,1-6H3. The van der Waals surface area contributed by atoms with Gasteiger partial charge < -0.3 is 14.5 Å². The Morgan fingerprint density at radius 3 is 2.12 bits per heavy atom. The number of carbonyl (C=O) groups excluding carboxylic acids is 2. The molecule has 1 aliphatic heterocycles. The molecule has 1 heterocycles. The second-order valence-corrected chi connectivity index (χ2v) is 7.86. The first-order valence-electron chi connectivity index (χ1n) is 8.84. The lowest BCUT2D eigenvalue weighted by molar-refractivity contribution is -0.144. The molecule has 0 bridgehead atoms. The predicted molar refractivity (Wildman–Crippen MR) is 98.8 cm³/mol. The summed E-state index contributed by atoms with van der Waals surface area (Å²) in [6, 6.07) is 4.04. The molecule has 138 valence electrons. The van der Waals surface area contributed by atoms with E-state index >= 15 is 0 Å². The molecule has 0 unspecified atom stereocenters. The first-order valence-corrected chi connectivity index (χ1v) is 8.84. The van der Waals surface area contributed by atoms with Gasteiger partial charge in [0, 0.05) is 37.2 Å². The molecule has 25 heavy (non-hydrogen) atoms. The zero-order chi connectivity index (χ0) is 18.8. The maximum Gasteiger partial charge on any atom is 0.228 e. The molecule has 0 saturated carbocycles. The molecule has 0 radical (unpaired) electrons. The second-order valence-electron chi connectivity index (χ2n) is 7.86. The topological polar surface area (TPSA) is 49.9 Å². The molecule has 1 aliphatic rings. The number of rotatable bonds is 3. The van der Waals surface area contributed by atoms with E-state index in [-0.39, 0.29) is 17.2 Å². The molecule has 0 atom stereocenters. The Labute approximate surface area is 150 Å². The number of carbonyl (C=O) groups is 2. The van der Waals surface area contributed by atoms with Crippen molar-refractivity contribution < 1.29 is 14.3 Å². The Balaban J connectivity index is 2.01. The molecule has 0 aromatic heterocycles. The fourth-order valence-electron chi connectivity index (χ4n) is 3.26. The van der Waals surface area contributed by atoms with Crippen LogP contribution in [0.3, 0.4) is 0 Å². The minimum atomic E-state index is -0.376. The van der Waals surface area contributed by atoms with Crippen LogP contribution >= 0.6 is 0 Å². The van der Waals surface area contributed by atoms with Crippen molar-refractivity contribution in [1.82, 2.24) is 9.80 Å². The lowest BCUT2D eigenvalue weighted by Gasteiger charge is -2.37. The van der Waals surface area contributed by atoms with Crippen molar-refractivity contribution >= 4 is 11.8 Å². The molecule has 0 spiro atoms. The van der Waals surface area contributed by atoms with E-state index in [2.05, 4.69) is 6.07 Å². The third kappa shape index (κ3) is 4.53. The van der Waals surface area contributed by atoms with Gasteiger partial charge >= 0.3 is 0 Å². The monoisotopic (exact) mass is 346 g/mol. The van der Waals surface area contributed by atoms with Crippen molar-refractivity contribution in [2.45, 2.75) is 41.0 Å². The Morgan fingerprint density at radius 1 is 1.04 bits per heavy atom. The minimum Gasteiger partial charge on any atom is -0.496 e. The summed E-state index contributed by atoms with van der Waals surface area (Å²) in [4.78, 5) is 28.8. The number of ether oxygens (including phenoxy) is 1. The van der Waals surface area contributed by atoms with Gasteiger partial charge in [0.1, 0.15) is 5.75 Å². The van der Waals surface area contributed by atoms with Gasteiger partial charge in [0.15, 0.2) is 0 Å². The van der Waals surface area contributed by atoms with Gasteiger partial charge in [-0.25, -0.2) is 0 Å². The lowest BCUT2D eigenvalue weighted by Crippen LogP contribution is -2.53. The highest BCUT2D eigenvalue weighted by Crippen LogP contribution is 2.25. The summed E-state index contributed by atoms with van der Waals surface area (Å²) < 4.78 is 5.46. The van der Waals surface area contributed by atoms with Crippen molar-refractivity contribution in [3.8, 4) is 5.75 Å². The van der Waals surface area contributed by atoms with Crippen LogP contribution in [0.25, 0.3) is 0 Å². The van der Waals surface area contributed by atoms with E-state index in [0.29, 0.717) is 32.6 Å². The number of methoxy groups -OCH3 is 1. The summed E-state index contributed by atoms with van der Waals surface area (Å²) in [5, 5.41) is 0. The Hall–Kier alpha value is -2.04. The van der Waals surface area contributed by atoms with E-state index in [9.17, 15) is 9.59 Å². The summed E-state index contributed by atoms with van der Waals surface area (Å²) in [5.41, 5.74) is 2.77. The fraction of sp³-hybridized carbons (Fsp3) is 0.600. The fourth-order valence-corrected chi connectivity index (χ4v) is 3.26. The average molecular weight is 346 g/mol. The van der Waals surface area contributed by atoms with Crippen LogP contribution in [0.2, 0.25) is 0 Å². The van der Waals surface area contributed by atoms with E-state index in [0.717, 1.165) is 22.4 Å². The van der Waals surface area contributed by atoms with Crippen LogP contribution in [0.5, 0.6) is 5.75 Å². The van der Waals surface area contributed by atoms with Crippen LogP contribution < -0.4 is 4.74 Å². The molecule has 1 aromatic rings. The number of benzene rings is 1. The van der Waals surface area contributed by atoms with Crippen LogP contribution in [0.15, 0.2) is 12.1 Å². The number of nitrogens with zero attached hydrogens (tertiary/aromatic N) is 2. The molecule has 0 aliphatic carbocycles. The molecular formula is C20H30N2O3. The van der Waals surface area contributed by atoms with Crippen LogP contribution in [-0.2, 0) is 16.0 Å². The van der Waals surface area contributed by atoms with Crippen molar-refractivity contribution in [3.05, 3.63) is 28.8 Å². The van der Waals surface area contributed by atoms with Gasteiger partial charge in [-0.05, 0) is 31.0 Å². The zero-order valence-electron chi connectivity index (χ0n) is 16.3. The van der Waals surface area contributed by atoms with E-state index in [1.807, 2.05) is 50.5 Å². The maximum absolute atomic E-state index is 12.7. The first-order chi connectivity index (χ1) is 11.6. The van der Waals surface area contributed by atoms with Gasteiger partial charge in [-0.1, -0.05) is 26.8 Å². The van der Waals surface area contributed by atoms with E-state index in [1.165, 1.54) is 0 Å². The highest BCUT2D eigenvalue weighted by Gasteiger charge is 2.31. The van der Waals surface area contributed by atoms with Crippen LogP contribution in [0.1, 0.15) is 37.5 Å². The third-order valence-corrected chi connectivity index (χ3v) is 4.69. The number of hydrogen-bond donors (Lipinski definition) is 0. The quantitative estimate of drug-likeness (QED) is 0.845. The Kier molecular flexibility index (Phi) is 5.76. The van der Waals surface area contributed by atoms with Crippen LogP contribution in [0.4, 0.5) is 0 Å². The van der Waals surface area contributed by atoms with Crippen molar-refractivity contribution in [2.24, 2.45) is 5.41 Å². The largest absolute Gasteiger partial charge is 0.496 e. The van der Waals surface area contributed by atoms with Gasteiger partial charge in [0.2, 0.25) is 11.8 Å². The molecule has 1 aromatic carbocycles. The number of amides is 2. The van der Waals surface area contributed by atoms with Crippen molar-refractivity contribution in [1.29, 1.82) is 0 Å². The van der Waals surface area contributed by atoms with Crippen molar-refractivity contribution in [3.63, 3.8) is 0 Å². The predicted octanol–water partition coefficient (Wildman–Crippen LogP) is 2.57. The Bertz CT molecular complexity index is 654. The van der Waals surface area contributed by atoms with E-state index in [1.54, 1.807) is 7.11 Å². The number of hydrogen-bond acceptors (Lipinski definition) is 3. The summed E-state index contributed by atoms with van der Waals surface area (Å²) in [7, 11) is 1.64. The van der Waals surface area contributed by atoms with Gasteiger partial charge in [0.25, 0.3) is 0 Å². The average Bonchev–Trinajstić information content (AvgIpc) is 2.55. The summed E-state index contributed by atoms with van der Waals surface area (Å²) in [6.45, 7) is 12.2. The minimum absolute atomic E-state index is 0.0908. The molecule has 2 amide bonds. The lowest BCUT2D eigenvalue weighted by atomic mass is 9.94. The van der Waals surface area contributed by atoms with Gasteiger partial charge in [-0.15, -0.1) is 0 Å². The molecule has 5 heteroatoms. The highest BCUT2D eigenvalue weighted by atomic mass is 16.5. The SMILES string of the molecule is COc1cc(C)cc(C)c1CC(=O)N1CCN(C(=O)C(C)(C)C)CC1. The number of piperazine rings is 1. The van der Waals surface area contributed by atoms with Gasteiger partial charge in [-0.2, -0.15) is 0 Å². The zero-order valence-corrected chi connectivity index (χ0v) is 16.3. The maximum atomic E-state index is 12.7. The molecule has 1 fully saturated rings. The summed E-state index contributed by atoms with van der Waals surface area (Å²) in [5.74, 6) is 1.01. The summed E-state index contributed by atoms with van der Waals surface area (Å²) >= 11 is 0. The molecule has 2 rings (SSSR count). The molecular weight excluding hydrogens is 316 g/mol. The van der Waals surface area contributed by atoms with Gasteiger partial charge in [-0.3, -0.25) is 9.59 Å². The van der Waals surface area contributed by atoms with Crippen LogP contribution in [-0.4, -0.2) is 54.9 Å². The smallest absolute Gasteiger partial charge is 0.228 e. The summed E-state index contributed by atoms with van der Waals surface area (Å²) in [6.07, 6.45) is 0.336. The number of aryl methyl sites for hydroxylation is 2. The van der Waals surface area contributed by atoms with E-state index < -0.39 is 0 Å². The molecule has 5 nitrogen and oxygen atoms in total. The molecule has 0 N–H and O–H groups in total. The first kappa shape index (κ1) is 19.3. The highest BCUT2D eigenvalue weighted by molar-refractivity contribution is 5.83. The van der Waals surface area contributed by atoms with Gasteiger partial charge in [0.05, 0.1) is 13.5 Å². The third-order valence-electron chi connectivity index (χ3n) is 4.69. The van der Waals surface area contributed by atoms with E-state index in [4.69, 9.17) is 4.74 Å². The Morgan fingerprint density at radius 2 is 1.60 bits per heavy atom. The molecule has 1 saturated heterocycles. The van der Waals surface area contributed by atoms with Crippen molar-refractivity contribution in [2.75, 3.05) is 33.3 Å². The second kappa shape index (κ2) is 7.46. The normalized spacial score (nSPS) is 15.3. The van der Waals surface area contributed by atoms with Crippen LogP contribution in [0, 0.1) is 19.3 Å².